The van der Waals surface area contributed by atoms with Gasteiger partial charge in [0.15, 0.2) is 5.44 Å². The molecule has 4 N–H and O–H groups in total. The van der Waals surface area contributed by atoms with Crippen molar-refractivity contribution in [3.63, 3.8) is 0 Å². The van der Waals surface area contributed by atoms with E-state index in [2.05, 4.69) is 0 Å². The van der Waals surface area contributed by atoms with Crippen LogP contribution in [0.5, 0.6) is 0 Å². The third kappa shape index (κ3) is 5.60. The predicted octanol–water partition coefficient (Wildman–Crippen LogP) is -2.09. The molecule has 0 aromatic heterocycles. The SMILES string of the molecule is CC(C)CC(CO)(CO)N(CCO)CC(O)S(=O)(=O)[O-]. The maximum atomic E-state index is 10.8. The molecule has 0 spiro atoms. The summed E-state index contributed by atoms with van der Waals surface area (Å²) >= 11 is 0. The van der Waals surface area contributed by atoms with Gasteiger partial charge in [-0.15, -0.1) is 0 Å². The zero-order valence-electron chi connectivity index (χ0n) is 11.8. The predicted molar refractivity (Wildman–Crippen MR) is 70.7 cm³/mol. The van der Waals surface area contributed by atoms with Gasteiger partial charge < -0.3 is 25.0 Å². The highest BCUT2D eigenvalue weighted by Crippen LogP contribution is 2.24. The first-order valence-corrected chi connectivity index (χ1v) is 7.80. The number of nitrogens with zero attached hydrogens (tertiary/aromatic N) is 1. The van der Waals surface area contributed by atoms with Gasteiger partial charge in [-0.3, -0.25) is 4.90 Å². The zero-order valence-corrected chi connectivity index (χ0v) is 12.6. The summed E-state index contributed by atoms with van der Waals surface area (Å²) in [6, 6.07) is 0. The van der Waals surface area contributed by atoms with Crippen molar-refractivity contribution >= 4 is 10.1 Å². The van der Waals surface area contributed by atoms with Crippen molar-refractivity contribution in [2.24, 2.45) is 5.92 Å². The van der Waals surface area contributed by atoms with Crippen molar-refractivity contribution in [2.45, 2.75) is 31.2 Å². The molecule has 0 heterocycles. The Hall–Kier alpha value is -0.290. The van der Waals surface area contributed by atoms with Gasteiger partial charge in [-0.05, 0) is 12.3 Å². The largest absolute Gasteiger partial charge is 0.746 e. The highest BCUT2D eigenvalue weighted by Gasteiger charge is 2.37. The Morgan fingerprint density at radius 3 is 2.00 bits per heavy atom. The molecule has 122 valence electrons. The van der Waals surface area contributed by atoms with Crippen LogP contribution in [-0.4, -0.2) is 82.2 Å². The second-order valence-electron chi connectivity index (χ2n) is 5.26. The molecule has 0 bridgehead atoms. The molecule has 0 aromatic carbocycles. The van der Waals surface area contributed by atoms with E-state index in [1.54, 1.807) is 0 Å². The summed E-state index contributed by atoms with van der Waals surface area (Å²) in [7, 11) is -4.90. The average Bonchev–Trinajstić information content (AvgIpc) is 2.34. The van der Waals surface area contributed by atoms with Crippen LogP contribution in [-0.2, 0) is 10.1 Å². The smallest absolute Gasteiger partial charge is 0.156 e. The van der Waals surface area contributed by atoms with Crippen LogP contribution in [0, 0.1) is 5.92 Å². The van der Waals surface area contributed by atoms with Crippen LogP contribution in [0.1, 0.15) is 20.3 Å². The lowest BCUT2D eigenvalue weighted by Gasteiger charge is -2.43. The number of rotatable bonds is 10. The van der Waals surface area contributed by atoms with Crippen LogP contribution in [0.15, 0.2) is 0 Å². The summed E-state index contributed by atoms with van der Waals surface area (Å²) in [6.07, 6.45) is 0.311. The monoisotopic (exact) mass is 314 g/mol. The second-order valence-corrected chi connectivity index (χ2v) is 6.79. The Balaban J connectivity index is 5.27. The molecule has 0 aliphatic heterocycles. The minimum absolute atomic E-state index is 0.0662. The lowest BCUT2D eigenvalue weighted by Crippen LogP contribution is -2.58. The number of hydrogen-bond donors (Lipinski definition) is 4. The summed E-state index contributed by atoms with van der Waals surface area (Å²) < 4.78 is 32.3. The van der Waals surface area contributed by atoms with Crippen LogP contribution in [0.2, 0.25) is 0 Å². The zero-order chi connectivity index (χ0) is 16.0. The average molecular weight is 314 g/mol. The van der Waals surface area contributed by atoms with E-state index < -0.39 is 40.9 Å². The van der Waals surface area contributed by atoms with E-state index in [1.807, 2.05) is 13.8 Å². The van der Waals surface area contributed by atoms with Crippen molar-refractivity contribution in [3.05, 3.63) is 0 Å². The summed E-state index contributed by atoms with van der Waals surface area (Å²) in [4.78, 5) is 1.24. The van der Waals surface area contributed by atoms with Crippen LogP contribution < -0.4 is 0 Å². The molecule has 0 aromatic rings. The Morgan fingerprint density at radius 1 is 1.20 bits per heavy atom. The molecule has 0 fully saturated rings. The Bertz CT molecular complexity index is 367. The topological polar surface area (TPSA) is 141 Å². The van der Waals surface area contributed by atoms with Gasteiger partial charge in [0.25, 0.3) is 0 Å². The van der Waals surface area contributed by atoms with E-state index in [1.165, 1.54) is 4.90 Å². The highest BCUT2D eigenvalue weighted by atomic mass is 32.2. The third-order valence-corrected chi connectivity index (χ3v) is 3.94. The highest BCUT2D eigenvalue weighted by molar-refractivity contribution is 7.86. The molecule has 0 rings (SSSR count). The molecule has 0 saturated heterocycles. The molecule has 1 atom stereocenters. The standard InChI is InChI=1S/C11H25NO7S/c1-9(2)5-11(7-14,8-15)12(3-4-13)6-10(16)20(17,18)19/h9-10,13-16H,3-8H2,1-2H3,(H,17,18,19)/p-1. The minimum atomic E-state index is -4.90. The molecule has 0 aliphatic carbocycles. The molecule has 1 unspecified atom stereocenters. The van der Waals surface area contributed by atoms with Crippen molar-refractivity contribution in [2.75, 3.05) is 32.9 Å². The van der Waals surface area contributed by atoms with Gasteiger partial charge in [0, 0.05) is 13.1 Å². The normalized spacial score (nSPS) is 15.1. The van der Waals surface area contributed by atoms with Crippen molar-refractivity contribution in [1.82, 2.24) is 4.90 Å². The second kappa shape index (κ2) is 8.23. The van der Waals surface area contributed by atoms with Gasteiger partial charge in [-0.25, -0.2) is 8.42 Å². The lowest BCUT2D eigenvalue weighted by atomic mass is 9.88. The van der Waals surface area contributed by atoms with Crippen LogP contribution in [0.25, 0.3) is 0 Å². The molecule has 9 heteroatoms. The van der Waals surface area contributed by atoms with Crippen LogP contribution in [0.3, 0.4) is 0 Å². The van der Waals surface area contributed by atoms with Crippen molar-refractivity contribution in [3.8, 4) is 0 Å². The van der Waals surface area contributed by atoms with Gasteiger partial charge in [0.05, 0.1) is 25.4 Å². The maximum absolute atomic E-state index is 10.8. The van der Waals surface area contributed by atoms with Crippen LogP contribution >= 0.6 is 0 Å². The summed E-state index contributed by atoms with van der Waals surface area (Å²) in [5.41, 5.74) is -3.39. The van der Waals surface area contributed by atoms with E-state index >= 15 is 0 Å². The number of hydrogen-bond acceptors (Lipinski definition) is 8. The van der Waals surface area contributed by atoms with Gasteiger partial charge in [0.1, 0.15) is 10.1 Å². The number of aliphatic hydroxyl groups excluding tert-OH is 4. The molecule has 0 saturated carbocycles. The fourth-order valence-electron chi connectivity index (χ4n) is 2.19. The van der Waals surface area contributed by atoms with E-state index in [4.69, 9.17) is 5.11 Å². The fraction of sp³-hybridized carbons (Fsp3) is 1.00. The lowest BCUT2D eigenvalue weighted by molar-refractivity contribution is -0.0441. The van der Waals surface area contributed by atoms with Crippen LogP contribution in [0.4, 0.5) is 0 Å². The van der Waals surface area contributed by atoms with E-state index in [0.29, 0.717) is 6.42 Å². The maximum Gasteiger partial charge on any atom is 0.156 e. The van der Waals surface area contributed by atoms with Gasteiger partial charge in [0.2, 0.25) is 0 Å². The van der Waals surface area contributed by atoms with E-state index in [-0.39, 0.29) is 19.1 Å². The molecule has 0 radical (unpaired) electrons. The molecule has 0 amide bonds. The quantitative estimate of drug-likeness (QED) is 0.336. The molecular formula is C11H24NO7S-. The van der Waals surface area contributed by atoms with E-state index in [0.717, 1.165) is 0 Å². The first-order chi connectivity index (χ1) is 9.12. The minimum Gasteiger partial charge on any atom is -0.746 e. The van der Waals surface area contributed by atoms with Gasteiger partial charge in [-0.2, -0.15) is 0 Å². The summed E-state index contributed by atoms with van der Waals surface area (Å²) in [5.74, 6) is 0.0662. The molecule has 0 aliphatic rings. The Kier molecular flexibility index (Phi) is 8.11. The van der Waals surface area contributed by atoms with Crippen molar-refractivity contribution < 1.29 is 33.4 Å². The molecule has 8 nitrogen and oxygen atoms in total. The van der Waals surface area contributed by atoms with Gasteiger partial charge >= 0.3 is 0 Å². The third-order valence-electron chi connectivity index (χ3n) is 3.13. The first kappa shape index (κ1) is 19.7. The Labute approximate surface area is 119 Å². The Morgan fingerprint density at radius 2 is 1.70 bits per heavy atom. The summed E-state index contributed by atoms with van der Waals surface area (Å²) in [6.45, 7) is 1.67. The van der Waals surface area contributed by atoms with Crippen molar-refractivity contribution in [1.29, 1.82) is 0 Å². The first-order valence-electron chi connectivity index (χ1n) is 6.33. The van der Waals surface area contributed by atoms with Gasteiger partial charge in [-0.1, -0.05) is 13.8 Å². The number of β-amino-alcohol motifs (C(OH)–C–C–N with tert-alkyl or cyclic N) is 2. The van der Waals surface area contributed by atoms with E-state index in [9.17, 15) is 28.3 Å². The molecular weight excluding hydrogens is 290 g/mol. The number of aliphatic hydroxyl groups is 4. The summed E-state index contributed by atoms with van der Waals surface area (Å²) in [5, 5.41) is 37.5. The molecule has 20 heavy (non-hydrogen) atoms. The fourth-order valence-corrected chi connectivity index (χ4v) is 2.55.